The number of rotatable bonds is 3. The molecule has 2 aromatic rings. The van der Waals surface area contributed by atoms with Crippen molar-refractivity contribution in [3.63, 3.8) is 0 Å². The molecular formula is C18H17FN2O3. The highest BCUT2D eigenvalue weighted by molar-refractivity contribution is 6.19. The average molecular weight is 328 g/mol. The number of fused-ring (bicyclic) bond motifs is 1. The summed E-state index contributed by atoms with van der Waals surface area (Å²) >= 11 is 0. The minimum Gasteiger partial charge on any atom is -0.465 e. The van der Waals surface area contributed by atoms with Gasteiger partial charge in [0.25, 0.3) is 17.4 Å². The van der Waals surface area contributed by atoms with Crippen LogP contribution in [0.25, 0.3) is 0 Å². The van der Waals surface area contributed by atoms with Crippen molar-refractivity contribution in [2.75, 3.05) is 16.8 Å². The van der Waals surface area contributed by atoms with E-state index in [-0.39, 0.29) is 5.69 Å². The number of hydrogen-bond acceptors (Lipinski definition) is 3. The van der Waals surface area contributed by atoms with Crippen LogP contribution in [0, 0.1) is 5.82 Å². The molecule has 0 radical (unpaired) electrons. The van der Waals surface area contributed by atoms with Crippen molar-refractivity contribution in [2.24, 2.45) is 0 Å². The van der Waals surface area contributed by atoms with E-state index >= 15 is 0 Å². The van der Waals surface area contributed by atoms with Gasteiger partial charge < -0.3 is 15.0 Å². The Kier molecular flexibility index (Phi) is 3.97. The van der Waals surface area contributed by atoms with Crippen molar-refractivity contribution in [3.05, 3.63) is 54.3 Å². The molecule has 0 saturated carbocycles. The van der Waals surface area contributed by atoms with Crippen LogP contribution in [0.2, 0.25) is 0 Å². The van der Waals surface area contributed by atoms with E-state index in [0.717, 1.165) is 0 Å². The van der Waals surface area contributed by atoms with Crippen LogP contribution in [0.5, 0.6) is 5.75 Å². The third kappa shape index (κ3) is 2.60. The van der Waals surface area contributed by atoms with Gasteiger partial charge in [0.2, 0.25) is 0 Å². The van der Waals surface area contributed by atoms with Crippen molar-refractivity contribution in [2.45, 2.75) is 19.4 Å². The molecular weight excluding hydrogens is 311 g/mol. The number of benzene rings is 2. The second kappa shape index (κ2) is 5.96. The summed E-state index contributed by atoms with van der Waals surface area (Å²) in [6, 6.07) is 12.5. The predicted octanol–water partition coefficient (Wildman–Crippen LogP) is 2.97. The lowest BCUT2D eigenvalue weighted by Gasteiger charge is -2.39. The van der Waals surface area contributed by atoms with Crippen LogP contribution in [0.15, 0.2) is 48.5 Å². The second-order valence-electron chi connectivity index (χ2n) is 5.62. The highest BCUT2D eigenvalue weighted by Gasteiger charge is 2.50. The number of halogens is 1. The summed E-state index contributed by atoms with van der Waals surface area (Å²) in [5.74, 6) is -1.13. The Morgan fingerprint density at radius 2 is 2.00 bits per heavy atom. The van der Waals surface area contributed by atoms with E-state index < -0.39 is 23.2 Å². The fraction of sp³-hybridized carbons (Fsp3) is 0.222. The van der Waals surface area contributed by atoms with Crippen molar-refractivity contribution in [1.29, 1.82) is 0 Å². The summed E-state index contributed by atoms with van der Waals surface area (Å²) in [6.07, 6.45) is 0. The lowest BCUT2D eigenvalue weighted by atomic mass is 9.99. The van der Waals surface area contributed by atoms with Crippen molar-refractivity contribution in [1.82, 2.24) is 0 Å². The zero-order valence-electron chi connectivity index (χ0n) is 13.4. The second-order valence-corrected chi connectivity index (χ2v) is 5.62. The van der Waals surface area contributed by atoms with Gasteiger partial charge in [-0.05, 0) is 44.2 Å². The first kappa shape index (κ1) is 16.0. The zero-order valence-corrected chi connectivity index (χ0v) is 13.4. The average Bonchev–Trinajstić information content (AvgIpc) is 2.56. The molecule has 24 heavy (non-hydrogen) atoms. The van der Waals surface area contributed by atoms with Gasteiger partial charge >= 0.3 is 0 Å². The predicted molar refractivity (Wildman–Crippen MR) is 88.5 cm³/mol. The molecule has 2 aromatic carbocycles. The maximum Gasteiger partial charge on any atom is 0.280 e. The SMILES string of the molecule is CCN1C(=O)C(C)(C(=O)Nc2cccc(F)c2)Oc2ccccc21. The smallest absolute Gasteiger partial charge is 0.280 e. The van der Waals surface area contributed by atoms with E-state index in [1.165, 1.54) is 30.0 Å². The van der Waals surface area contributed by atoms with E-state index in [9.17, 15) is 14.0 Å². The minimum absolute atomic E-state index is 0.263. The van der Waals surface area contributed by atoms with Gasteiger partial charge in [-0.25, -0.2) is 4.39 Å². The fourth-order valence-corrected chi connectivity index (χ4v) is 2.67. The Morgan fingerprint density at radius 1 is 1.25 bits per heavy atom. The molecule has 0 fully saturated rings. The number of ether oxygens (including phenoxy) is 1. The summed E-state index contributed by atoms with van der Waals surface area (Å²) in [5.41, 5.74) is -0.836. The molecule has 0 bridgehead atoms. The zero-order chi connectivity index (χ0) is 17.3. The van der Waals surface area contributed by atoms with Gasteiger partial charge in [-0.15, -0.1) is 0 Å². The first-order valence-electron chi connectivity index (χ1n) is 7.62. The molecule has 124 valence electrons. The van der Waals surface area contributed by atoms with Gasteiger partial charge in [0.05, 0.1) is 5.69 Å². The van der Waals surface area contributed by atoms with E-state index in [0.29, 0.717) is 18.0 Å². The first-order valence-corrected chi connectivity index (χ1v) is 7.62. The van der Waals surface area contributed by atoms with Crippen molar-refractivity contribution < 1.29 is 18.7 Å². The molecule has 0 aliphatic carbocycles. The van der Waals surface area contributed by atoms with Gasteiger partial charge in [0.1, 0.15) is 11.6 Å². The summed E-state index contributed by atoms with van der Waals surface area (Å²) < 4.78 is 19.0. The topological polar surface area (TPSA) is 58.6 Å². The molecule has 3 rings (SSSR count). The molecule has 1 aliphatic rings. The van der Waals surface area contributed by atoms with Crippen LogP contribution in [-0.4, -0.2) is 24.0 Å². The molecule has 1 unspecified atom stereocenters. The van der Waals surface area contributed by atoms with Crippen LogP contribution in [0.3, 0.4) is 0 Å². The number of hydrogen-bond donors (Lipinski definition) is 1. The van der Waals surface area contributed by atoms with Crippen molar-refractivity contribution >= 4 is 23.2 Å². The van der Waals surface area contributed by atoms with Gasteiger partial charge in [0.15, 0.2) is 0 Å². The number of para-hydroxylation sites is 2. The molecule has 6 heteroatoms. The highest BCUT2D eigenvalue weighted by atomic mass is 19.1. The molecule has 1 aliphatic heterocycles. The summed E-state index contributed by atoms with van der Waals surface area (Å²) in [4.78, 5) is 27.0. The summed E-state index contributed by atoms with van der Waals surface area (Å²) in [6.45, 7) is 3.65. The van der Waals surface area contributed by atoms with Crippen LogP contribution in [0.1, 0.15) is 13.8 Å². The number of carbonyl (C=O) groups excluding carboxylic acids is 2. The maximum atomic E-state index is 13.3. The number of carbonyl (C=O) groups is 2. The van der Waals surface area contributed by atoms with E-state index in [1.807, 2.05) is 6.92 Å². The fourth-order valence-electron chi connectivity index (χ4n) is 2.67. The third-order valence-corrected chi connectivity index (χ3v) is 3.96. The molecule has 5 nitrogen and oxygen atoms in total. The Hall–Kier alpha value is -2.89. The molecule has 0 saturated heterocycles. The Morgan fingerprint density at radius 3 is 2.71 bits per heavy atom. The van der Waals surface area contributed by atoms with E-state index in [1.54, 1.807) is 30.3 Å². The van der Waals surface area contributed by atoms with E-state index in [4.69, 9.17) is 4.74 Å². The number of nitrogens with one attached hydrogen (secondary N) is 1. The van der Waals surface area contributed by atoms with Gasteiger partial charge in [-0.3, -0.25) is 9.59 Å². The normalized spacial score (nSPS) is 19.5. The standard InChI is InChI=1S/C18H17FN2O3/c1-3-21-14-9-4-5-10-15(14)24-18(2,17(21)23)16(22)20-13-8-6-7-12(19)11-13/h4-11H,3H2,1-2H3,(H,20,22). The lowest BCUT2D eigenvalue weighted by molar-refractivity contribution is -0.145. The van der Waals surface area contributed by atoms with E-state index in [2.05, 4.69) is 5.32 Å². The van der Waals surface area contributed by atoms with Crippen molar-refractivity contribution in [3.8, 4) is 5.75 Å². The van der Waals surface area contributed by atoms with Gasteiger partial charge in [0, 0.05) is 12.2 Å². The molecule has 1 heterocycles. The molecule has 2 amide bonds. The molecule has 1 N–H and O–H groups in total. The van der Waals surface area contributed by atoms with Crippen LogP contribution in [0.4, 0.5) is 15.8 Å². The van der Waals surface area contributed by atoms with Crippen LogP contribution in [-0.2, 0) is 9.59 Å². The number of likely N-dealkylation sites (N-methyl/N-ethyl adjacent to an activating group) is 1. The largest absolute Gasteiger partial charge is 0.465 e. The lowest BCUT2D eigenvalue weighted by Crippen LogP contribution is -2.60. The number of anilines is 2. The van der Waals surface area contributed by atoms with Crippen LogP contribution < -0.4 is 15.0 Å². The Labute approximate surface area is 139 Å². The quantitative estimate of drug-likeness (QED) is 0.881. The Balaban J connectivity index is 1.94. The Bertz CT molecular complexity index is 808. The number of amides is 2. The third-order valence-electron chi connectivity index (χ3n) is 3.96. The van der Waals surface area contributed by atoms with Crippen LogP contribution >= 0.6 is 0 Å². The summed E-state index contributed by atoms with van der Waals surface area (Å²) in [7, 11) is 0. The van der Waals surface area contributed by atoms with Gasteiger partial charge in [-0.2, -0.15) is 0 Å². The summed E-state index contributed by atoms with van der Waals surface area (Å²) in [5, 5.41) is 2.55. The first-order chi connectivity index (χ1) is 11.5. The monoisotopic (exact) mass is 328 g/mol. The number of nitrogens with zero attached hydrogens (tertiary/aromatic N) is 1. The molecule has 0 spiro atoms. The minimum atomic E-state index is -1.73. The molecule has 1 atom stereocenters. The highest BCUT2D eigenvalue weighted by Crippen LogP contribution is 2.37. The molecule has 0 aromatic heterocycles. The maximum absolute atomic E-state index is 13.3. The van der Waals surface area contributed by atoms with Gasteiger partial charge in [-0.1, -0.05) is 18.2 Å².